The molecular weight excluding hydrogens is 400 g/mol. The number of carbonyl (C=O) groups excluding carboxylic acids is 1. The summed E-state index contributed by atoms with van der Waals surface area (Å²) in [5.41, 5.74) is 0.874. The van der Waals surface area contributed by atoms with E-state index in [4.69, 9.17) is 18.7 Å². The van der Waals surface area contributed by atoms with Crippen molar-refractivity contribution >= 4 is 11.9 Å². The van der Waals surface area contributed by atoms with Crippen molar-refractivity contribution in [3.63, 3.8) is 0 Å². The average molecular weight is 428 g/mol. The molecule has 1 aromatic carbocycles. The van der Waals surface area contributed by atoms with Gasteiger partial charge in [-0.3, -0.25) is 4.79 Å². The number of carbonyl (C=O) groups is 1. The highest BCUT2D eigenvalue weighted by Gasteiger charge is 2.42. The number of amides is 1. The average Bonchev–Trinajstić information content (AvgIpc) is 3.50. The fraction of sp³-hybridized carbons (Fsp3) is 0.591. The van der Waals surface area contributed by atoms with Crippen LogP contribution in [0.1, 0.15) is 25.7 Å². The number of anilines is 1. The standard InChI is InChI=1S/C22H28N4O5/c1-28-18-4-2-16(3-5-18)19-23-21(31-24-19)26-10-6-17(7-11-26)20(27)25-12-8-22(9-13-25)29-14-15-30-22/h2-5,17H,6-15H2,1H3. The predicted octanol–water partition coefficient (Wildman–Crippen LogP) is 2.33. The summed E-state index contributed by atoms with van der Waals surface area (Å²) in [6, 6.07) is 8.06. The van der Waals surface area contributed by atoms with Crippen molar-refractivity contribution in [2.45, 2.75) is 31.5 Å². The van der Waals surface area contributed by atoms with Crippen LogP contribution in [0.25, 0.3) is 11.4 Å². The number of hydrogen-bond donors (Lipinski definition) is 0. The van der Waals surface area contributed by atoms with E-state index in [0.717, 1.165) is 50.1 Å². The summed E-state index contributed by atoms with van der Waals surface area (Å²) >= 11 is 0. The van der Waals surface area contributed by atoms with E-state index in [0.29, 0.717) is 38.1 Å². The second kappa shape index (κ2) is 8.47. The number of rotatable bonds is 4. The van der Waals surface area contributed by atoms with Gasteiger partial charge >= 0.3 is 6.01 Å². The highest BCUT2D eigenvalue weighted by Crippen LogP contribution is 2.33. The van der Waals surface area contributed by atoms with Crippen LogP contribution in [0.2, 0.25) is 0 Å². The van der Waals surface area contributed by atoms with Crippen LogP contribution in [0.3, 0.4) is 0 Å². The number of nitrogens with zero attached hydrogens (tertiary/aromatic N) is 4. The first-order valence-electron chi connectivity index (χ1n) is 11.0. The van der Waals surface area contributed by atoms with Crippen LogP contribution in [0, 0.1) is 5.92 Å². The van der Waals surface area contributed by atoms with Gasteiger partial charge in [0, 0.05) is 50.5 Å². The SMILES string of the molecule is COc1ccc(-c2noc(N3CCC(C(=O)N4CCC5(CC4)OCCO5)CC3)n2)cc1. The maximum absolute atomic E-state index is 13.0. The number of ether oxygens (including phenoxy) is 3. The maximum atomic E-state index is 13.0. The number of benzene rings is 1. The summed E-state index contributed by atoms with van der Waals surface area (Å²) in [7, 11) is 1.63. The minimum absolute atomic E-state index is 0.0414. The molecule has 2 aromatic rings. The third kappa shape index (κ3) is 4.12. The number of methoxy groups -OCH3 is 1. The van der Waals surface area contributed by atoms with Crippen LogP contribution in [0.5, 0.6) is 5.75 Å². The molecule has 0 saturated carbocycles. The molecule has 0 atom stereocenters. The lowest BCUT2D eigenvalue weighted by Crippen LogP contribution is -2.50. The molecule has 1 amide bonds. The molecule has 9 nitrogen and oxygen atoms in total. The quantitative estimate of drug-likeness (QED) is 0.733. The third-order valence-electron chi connectivity index (χ3n) is 6.53. The molecule has 166 valence electrons. The van der Waals surface area contributed by atoms with Crippen molar-refractivity contribution in [1.82, 2.24) is 15.0 Å². The van der Waals surface area contributed by atoms with Crippen LogP contribution in [0.4, 0.5) is 6.01 Å². The van der Waals surface area contributed by atoms with E-state index in [1.165, 1.54) is 0 Å². The maximum Gasteiger partial charge on any atom is 0.324 e. The second-order valence-corrected chi connectivity index (χ2v) is 8.32. The van der Waals surface area contributed by atoms with Gasteiger partial charge in [0.15, 0.2) is 5.79 Å². The Balaban J connectivity index is 1.14. The minimum atomic E-state index is -0.445. The first-order chi connectivity index (χ1) is 15.2. The van der Waals surface area contributed by atoms with Crippen molar-refractivity contribution in [2.24, 2.45) is 5.92 Å². The molecule has 0 unspecified atom stereocenters. The molecule has 31 heavy (non-hydrogen) atoms. The molecule has 0 N–H and O–H groups in total. The van der Waals surface area contributed by atoms with Crippen molar-refractivity contribution in [1.29, 1.82) is 0 Å². The highest BCUT2D eigenvalue weighted by molar-refractivity contribution is 5.79. The van der Waals surface area contributed by atoms with Gasteiger partial charge < -0.3 is 28.5 Å². The summed E-state index contributed by atoms with van der Waals surface area (Å²) in [4.78, 5) is 21.6. The van der Waals surface area contributed by atoms with E-state index >= 15 is 0 Å². The monoisotopic (exact) mass is 428 g/mol. The molecule has 3 aliphatic rings. The van der Waals surface area contributed by atoms with E-state index in [9.17, 15) is 4.79 Å². The summed E-state index contributed by atoms with van der Waals surface area (Å²) in [6.07, 6.45) is 3.09. The van der Waals surface area contributed by atoms with Crippen LogP contribution in [-0.2, 0) is 14.3 Å². The van der Waals surface area contributed by atoms with Gasteiger partial charge in [-0.05, 0) is 37.1 Å². The molecule has 3 aliphatic heterocycles. The van der Waals surface area contributed by atoms with Crippen molar-refractivity contribution in [3.8, 4) is 17.1 Å². The zero-order valence-electron chi connectivity index (χ0n) is 17.8. The number of aromatic nitrogens is 2. The number of likely N-dealkylation sites (tertiary alicyclic amines) is 1. The Kier molecular flexibility index (Phi) is 5.54. The van der Waals surface area contributed by atoms with Gasteiger partial charge in [-0.15, -0.1) is 0 Å². The van der Waals surface area contributed by atoms with Crippen LogP contribution < -0.4 is 9.64 Å². The van der Waals surface area contributed by atoms with Crippen LogP contribution in [-0.4, -0.2) is 73.2 Å². The summed E-state index contributed by atoms with van der Waals surface area (Å²) in [5.74, 6) is 1.18. The molecular formula is C22H28N4O5. The zero-order chi connectivity index (χ0) is 21.3. The summed E-state index contributed by atoms with van der Waals surface area (Å²) in [6.45, 7) is 4.17. The molecule has 0 radical (unpaired) electrons. The second-order valence-electron chi connectivity index (χ2n) is 8.32. The Bertz CT molecular complexity index is 891. The third-order valence-corrected chi connectivity index (χ3v) is 6.53. The normalized spacial score (nSPS) is 21.6. The van der Waals surface area contributed by atoms with Crippen molar-refractivity contribution in [2.75, 3.05) is 51.4 Å². The molecule has 0 bridgehead atoms. The molecule has 0 aliphatic carbocycles. The lowest BCUT2D eigenvalue weighted by Gasteiger charge is -2.40. The Morgan fingerprint density at radius 2 is 1.74 bits per heavy atom. The molecule has 9 heteroatoms. The van der Waals surface area contributed by atoms with Crippen molar-refractivity contribution < 1.29 is 23.5 Å². The van der Waals surface area contributed by atoms with E-state index in [2.05, 4.69) is 15.0 Å². The van der Waals surface area contributed by atoms with Crippen LogP contribution >= 0.6 is 0 Å². The predicted molar refractivity (Wildman–Crippen MR) is 112 cm³/mol. The van der Waals surface area contributed by atoms with Gasteiger partial charge in [0.1, 0.15) is 5.75 Å². The van der Waals surface area contributed by atoms with Crippen LogP contribution in [0.15, 0.2) is 28.8 Å². The molecule has 3 fully saturated rings. The fourth-order valence-electron chi connectivity index (χ4n) is 4.63. The molecule has 5 rings (SSSR count). The molecule has 3 saturated heterocycles. The van der Waals surface area contributed by atoms with Gasteiger partial charge in [0.05, 0.1) is 20.3 Å². The van der Waals surface area contributed by atoms with E-state index in [1.807, 2.05) is 29.2 Å². The fourth-order valence-corrected chi connectivity index (χ4v) is 4.63. The van der Waals surface area contributed by atoms with E-state index < -0.39 is 5.79 Å². The van der Waals surface area contributed by atoms with Gasteiger partial charge in [0.25, 0.3) is 0 Å². The smallest absolute Gasteiger partial charge is 0.324 e. The Morgan fingerprint density at radius 1 is 1.06 bits per heavy atom. The zero-order valence-corrected chi connectivity index (χ0v) is 17.8. The minimum Gasteiger partial charge on any atom is -0.497 e. The van der Waals surface area contributed by atoms with Gasteiger partial charge in [-0.25, -0.2) is 0 Å². The summed E-state index contributed by atoms with van der Waals surface area (Å²) < 4.78 is 22.2. The molecule has 4 heterocycles. The Hall–Kier alpha value is -2.65. The lowest BCUT2D eigenvalue weighted by molar-refractivity contribution is -0.188. The Labute approximate surface area is 181 Å². The van der Waals surface area contributed by atoms with Crippen molar-refractivity contribution in [3.05, 3.63) is 24.3 Å². The first kappa shape index (κ1) is 20.3. The summed E-state index contributed by atoms with van der Waals surface area (Å²) in [5, 5.41) is 4.11. The van der Waals surface area contributed by atoms with Gasteiger partial charge in [0.2, 0.25) is 11.7 Å². The lowest BCUT2D eigenvalue weighted by atomic mass is 9.93. The number of piperidine rings is 2. The molecule has 1 spiro atoms. The van der Waals surface area contributed by atoms with E-state index in [-0.39, 0.29) is 11.8 Å². The highest BCUT2D eigenvalue weighted by atomic mass is 16.7. The topological polar surface area (TPSA) is 90.2 Å². The van der Waals surface area contributed by atoms with E-state index in [1.54, 1.807) is 7.11 Å². The van der Waals surface area contributed by atoms with Gasteiger partial charge in [-0.1, -0.05) is 5.16 Å². The molecule has 1 aromatic heterocycles. The largest absolute Gasteiger partial charge is 0.497 e. The Morgan fingerprint density at radius 3 is 2.39 bits per heavy atom. The van der Waals surface area contributed by atoms with Gasteiger partial charge in [-0.2, -0.15) is 4.98 Å². The first-order valence-corrected chi connectivity index (χ1v) is 11.0. The number of hydrogen-bond acceptors (Lipinski definition) is 8.